The van der Waals surface area contributed by atoms with Crippen LogP contribution in [0.3, 0.4) is 0 Å². The van der Waals surface area contributed by atoms with E-state index < -0.39 is 34.6 Å². The molecule has 2 saturated heterocycles. The van der Waals surface area contributed by atoms with E-state index in [2.05, 4.69) is 37.1 Å². The van der Waals surface area contributed by atoms with Gasteiger partial charge in [0.1, 0.15) is 11.5 Å². The fraction of sp³-hybridized carbons (Fsp3) is 0.500. The number of ketones is 2. The number of hydrogen-bond donors (Lipinski definition) is 3. The highest BCUT2D eigenvalue weighted by molar-refractivity contribution is 6.15. The second kappa shape index (κ2) is 9.92. The fourth-order valence-corrected chi connectivity index (χ4v) is 8.41. The van der Waals surface area contributed by atoms with Crippen LogP contribution in [0.5, 0.6) is 0 Å². The summed E-state index contributed by atoms with van der Waals surface area (Å²) in [7, 11) is 0. The number of amides is 1. The van der Waals surface area contributed by atoms with Crippen molar-refractivity contribution in [2.75, 3.05) is 0 Å². The van der Waals surface area contributed by atoms with Crippen LogP contribution in [0.2, 0.25) is 0 Å². The van der Waals surface area contributed by atoms with E-state index in [9.17, 15) is 19.5 Å². The number of aromatic nitrogens is 1. The van der Waals surface area contributed by atoms with Crippen LogP contribution in [0.25, 0.3) is 10.9 Å². The van der Waals surface area contributed by atoms with Crippen molar-refractivity contribution in [1.82, 2.24) is 10.3 Å². The largest absolute Gasteiger partial charge is 0.381 e. The minimum Gasteiger partial charge on any atom is -0.381 e. The molecular formula is C34H40N2O5. The molecule has 2 aliphatic heterocycles. The molecule has 3 fully saturated rings. The first-order chi connectivity index (χ1) is 19.5. The topological polar surface area (TPSA) is 112 Å². The third-order valence-electron chi connectivity index (χ3n) is 10.5. The van der Waals surface area contributed by atoms with Crippen molar-refractivity contribution in [1.29, 1.82) is 0 Å². The molecule has 2 aromatic rings. The van der Waals surface area contributed by atoms with Crippen molar-refractivity contribution in [2.45, 2.75) is 77.2 Å². The second-order valence-corrected chi connectivity index (χ2v) is 12.8. The number of H-pyrrole nitrogens is 1. The number of carbonyl (C=O) groups excluding carboxylic acids is 3. The molecule has 6 rings (SSSR count). The zero-order chi connectivity index (χ0) is 29.3. The highest BCUT2D eigenvalue weighted by Gasteiger charge is 2.79. The molecule has 0 radical (unpaired) electrons. The van der Waals surface area contributed by atoms with Gasteiger partial charge in [-0.15, -0.1) is 0 Å². The number of rotatable bonds is 3. The van der Waals surface area contributed by atoms with Crippen LogP contribution in [-0.4, -0.2) is 51.4 Å². The Labute approximate surface area is 241 Å². The maximum atomic E-state index is 14.5. The molecule has 0 bridgehead atoms. The third-order valence-corrected chi connectivity index (χ3v) is 10.5. The van der Waals surface area contributed by atoms with E-state index in [1.807, 2.05) is 49.5 Å². The molecule has 10 atom stereocenters. The molecule has 1 amide bonds. The maximum absolute atomic E-state index is 14.5. The third kappa shape index (κ3) is 4.03. The van der Waals surface area contributed by atoms with E-state index in [0.717, 1.165) is 29.0 Å². The van der Waals surface area contributed by atoms with Crippen LogP contribution in [0.15, 0.2) is 66.4 Å². The highest BCUT2D eigenvalue weighted by atomic mass is 16.6. The lowest BCUT2D eigenvalue weighted by Crippen LogP contribution is -2.58. The van der Waals surface area contributed by atoms with Gasteiger partial charge in [0.15, 0.2) is 11.6 Å². The van der Waals surface area contributed by atoms with Crippen LogP contribution in [0.4, 0.5) is 0 Å². The molecule has 0 unspecified atom stereocenters. The van der Waals surface area contributed by atoms with Crippen molar-refractivity contribution in [2.24, 2.45) is 29.1 Å². The van der Waals surface area contributed by atoms with Crippen molar-refractivity contribution >= 4 is 28.4 Å². The molecule has 41 heavy (non-hydrogen) atoms. The summed E-state index contributed by atoms with van der Waals surface area (Å²) in [5.41, 5.74) is 0.795. The number of fused-ring (bicyclic) bond motifs is 3. The molecule has 7 nitrogen and oxygen atoms in total. The Bertz CT molecular complexity index is 1500. The molecule has 7 heteroatoms. The number of carbonyl (C=O) groups is 3. The first-order valence-electron chi connectivity index (χ1n) is 14.9. The van der Waals surface area contributed by atoms with Gasteiger partial charge < -0.3 is 20.1 Å². The van der Waals surface area contributed by atoms with Crippen molar-refractivity contribution in [3.8, 4) is 0 Å². The summed E-state index contributed by atoms with van der Waals surface area (Å²) in [6, 6.07) is 7.79. The van der Waals surface area contributed by atoms with E-state index in [1.54, 1.807) is 6.92 Å². The number of aliphatic hydroxyl groups is 1. The Kier molecular flexibility index (Phi) is 6.74. The molecule has 1 saturated carbocycles. The van der Waals surface area contributed by atoms with Crippen LogP contribution in [0.1, 0.15) is 58.9 Å². The second-order valence-electron chi connectivity index (χ2n) is 12.8. The zero-order valence-corrected chi connectivity index (χ0v) is 24.4. The van der Waals surface area contributed by atoms with Gasteiger partial charge in [-0.25, -0.2) is 0 Å². The van der Waals surface area contributed by atoms with Crippen LogP contribution in [0, 0.1) is 29.1 Å². The van der Waals surface area contributed by atoms with Gasteiger partial charge in [-0.3, -0.25) is 14.4 Å². The van der Waals surface area contributed by atoms with Gasteiger partial charge in [0.25, 0.3) is 0 Å². The Balaban J connectivity index is 1.51. The zero-order valence-electron chi connectivity index (χ0n) is 24.4. The highest BCUT2D eigenvalue weighted by Crippen LogP contribution is 2.67. The van der Waals surface area contributed by atoms with Gasteiger partial charge in [-0.2, -0.15) is 0 Å². The summed E-state index contributed by atoms with van der Waals surface area (Å²) in [4.78, 5) is 45.2. The summed E-state index contributed by atoms with van der Waals surface area (Å²) in [5.74, 6) is -2.17. The van der Waals surface area contributed by atoms with Gasteiger partial charge in [0.05, 0.1) is 11.7 Å². The predicted octanol–water partition coefficient (Wildman–Crippen LogP) is 4.78. The lowest BCUT2D eigenvalue weighted by atomic mass is 9.50. The number of hydrogen-bond acceptors (Lipinski definition) is 5. The van der Waals surface area contributed by atoms with Gasteiger partial charge >= 0.3 is 0 Å². The number of epoxide rings is 1. The van der Waals surface area contributed by atoms with Gasteiger partial charge in [0, 0.05) is 40.9 Å². The smallest absolute Gasteiger partial charge is 0.235 e. The standard InChI is InChI=1S/C34H40N2O5/c1-6-23-28-29(20(4)22-17-35-25-13-8-7-11-21(22)25)36-32(40)34(28)24(31-33(23,5)41-31)12-9-10-18(2)16-19(3)30(39)26(37)14-15-27(34)38/h7-9,11-18,20,23-24,28-31,35,39H,6,10H2,1-5H3,(H,36,40)/b12-9+,15-14+,19-16+/t18-,20+,23-,24-,28-,29-,30+,31-,33+,34+/m0/s1. The molecule has 1 aromatic carbocycles. The first kappa shape index (κ1) is 27.9. The normalized spacial score (nSPS) is 42.3. The molecular weight excluding hydrogens is 516 g/mol. The van der Waals surface area contributed by atoms with E-state index in [4.69, 9.17) is 4.74 Å². The van der Waals surface area contributed by atoms with Gasteiger partial charge in [0.2, 0.25) is 5.91 Å². The fourth-order valence-electron chi connectivity index (χ4n) is 8.41. The van der Waals surface area contributed by atoms with Crippen LogP contribution < -0.4 is 5.32 Å². The average molecular weight is 557 g/mol. The molecule has 3 heterocycles. The number of nitrogens with one attached hydrogen (secondary N) is 2. The summed E-state index contributed by atoms with van der Waals surface area (Å²) in [5, 5.41) is 15.1. The summed E-state index contributed by atoms with van der Waals surface area (Å²) < 4.78 is 6.45. The van der Waals surface area contributed by atoms with Crippen molar-refractivity contribution in [3.05, 3.63) is 72.0 Å². The summed E-state index contributed by atoms with van der Waals surface area (Å²) in [6.45, 7) is 10.1. The quantitative estimate of drug-likeness (QED) is 0.286. The minimum absolute atomic E-state index is 0.0501. The molecule has 1 aromatic heterocycles. The average Bonchev–Trinajstić information content (AvgIpc) is 3.31. The molecule has 2 aliphatic carbocycles. The number of ether oxygens (including phenoxy) is 1. The SMILES string of the molecule is CC[C@H]1[C@H]2[C@H]([C@H](C)c3c[nH]c4ccccc34)NC(=O)[C@]23C(=O)/C=C/C(=O)[C@H](O)/C(C)=C/[C@@H](C)C/C=C/[C@H]3[C@@H]2O[C@]12C. The number of aliphatic hydroxyl groups excluding tert-OH is 1. The van der Waals surface area contributed by atoms with Crippen LogP contribution >= 0.6 is 0 Å². The number of allylic oxidation sites excluding steroid dienone is 3. The Hall–Kier alpha value is -3.29. The summed E-state index contributed by atoms with van der Waals surface area (Å²) >= 11 is 0. The molecule has 216 valence electrons. The predicted molar refractivity (Wildman–Crippen MR) is 157 cm³/mol. The van der Waals surface area contributed by atoms with E-state index in [0.29, 0.717) is 12.0 Å². The lowest BCUT2D eigenvalue weighted by Gasteiger charge is -2.47. The van der Waals surface area contributed by atoms with E-state index >= 15 is 0 Å². The Morgan fingerprint density at radius 3 is 2.68 bits per heavy atom. The summed E-state index contributed by atoms with van der Waals surface area (Å²) in [6.07, 6.45) is 10.2. The van der Waals surface area contributed by atoms with E-state index in [-0.39, 0.29) is 41.7 Å². The Morgan fingerprint density at radius 2 is 1.93 bits per heavy atom. The van der Waals surface area contributed by atoms with Gasteiger partial charge in [-0.1, -0.05) is 63.6 Å². The van der Waals surface area contributed by atoms with E-state index in [1.165, 1.54) is 6.08 Å². The minimum atomic E-state index is -1.43. The Morgan fingerprint density at radius 1 is 1.17 bits per heavy atom. The monoisotopic (exact) mass is 556 g/mol. The molecule has 4 aliphatic rings. The first-order valence-corrected chi connectivity index (χ1v) is 14.9. The van der Waals surface area contributed by atoms with Gasteiger partial charge in [-0.05, 0) is 61.5 Å². The number of aromatic amines is 1. The van der Waals surface area contributed by atoms with Crippen molar-refractivity contribution in [3.63, 3.8) is 0 Å². The van der Waals surface area contributed by atoms with Crippen LogP contribution in [-0.2, 0) is 19.1 Å². The lowest BCUT2D eigenvalue weighted by molar-refractivity contribution is -0.145. The maximum Gasteiger partial charge on any atom is 0.235 e. The molecule has 3 N–H and O–H groups in total. The molecule has 1 spiro atoms. The number of benzene rings is 1. The van der Waals surface area contributed by atoms with Crippen molar-refractivity contribution < 1.29 is 24.2 Å². The number of para-hydroxylation sites is 1.